The van der Waals surface area contributed by atoms with Crippen molar-refractivity contribution in [1.82, 2.24) is 10.6 Å². The highest BCUT2D eigenvalue weighted by atomic mass is 19.1. The molecule has 1 aromatic rings. The summed E-state index contributed by atoms with van der Waals surface area (Å²) in [6.07, 6.45) is 5.04. The Labute approximate surface area is 156 Å². The summed E-state index contributed by atoms with van der Waals surface area (Å²) in [5, 5.41) is 6.64. The van der Waals surface area contributed by atoms with Crippen LogP contribution in [0.1, 0.15) is 44.6 Å². The molecular weight excluding hydrogens is 329 g/mol. The van der Waals surface area contributed by atoms with Crippen LogP contribution >= 0.6 is 0 Å². The summed E-state index contributed by atoms with van der Waals surface area (Å²) < 4.78 is 13.4. The van der Waals surface area contributed by atoms with Crippen LogP contribution in [0.3, 0.4) is 0 Å². The summed E-state index contributed by atoms with van der Waals surface area (Å²) in [7, 11) is 0. The molecule has 144 valence electrons. The van der Waals surface area contributed by atoms with Gasteiger partial charge in [0.25, 0.3) is 0 Å². The topological polar surface area (TPSA) is 44.4 Å². The predicted octanol–water partition coefficient (Wildman–Crippen LogP) is 3.24. The van der Waals surface area contributed by atoms with Gasteiger partial charge < -0.3 is 15.5 Å². The summed E-state index contributed by atoms with van der Waals surface area (Å²) in [5.41, 5.74) is 2.03. The Morgan fingerprint density at radius 3 is 2.85 bits per heavy atom. The first-order valence-corrected chi connectivity index (χ1v) is 10.0. The minimum absolute atomic E-state index is 0.179. The van der Waals surface area contributed by atoms with Gasteiger partial charge >= 0.3 is 0 Å². The number of hydrogen-bond donors (Lipinski definition) is 2. The van der Waals surface area contributed by atoms with Crippen molar-refractivity contribution in [2.45, 2.75) is 52.0 Å². The van der Waals surface area contributed by atoms with E-state index in [-0.39, 0.29) is 17.8 Å². The van der Waals surface area contributed by atoms with Gasteiger partial charge in [0.1, 0.15) is 5.82 Å². The molecule has 2 fully saturated rings. The van der Waals surface area contributed by atoms with Gasteiger partial charge in [0, 0.05) is 31.2 Å². The van der Waals surface area contributed by atoms with E-state index in [0.29, 0.717) is 18.3 Å². The van der Waals surface area contributed by atoms with Crippen molar-refractivity contribution in [3.8, 4) is 0 Å². The molecule has 3 rings (SSSR count). The first-order valence-electron chi connectivity index (χ1n) is 10.0. The molecule has 2 aliphatic heterocycles. The maximum atomic E-state index is 13.4. The number of halogens is 1. The average molecular weight is 362 g/mol. The zero-order valence-corrected chi connectivity index (χ0v) is 16.1. The lowest BCUT2D eigenvalue weighted by Crippen LogP contribution is -2.48. The van der Waals surface area contributed by atoms with E-state index in [9.17, 15) is 9.18 Å². The fraction of sp³-hybridized carbons (Fsp3) is 0.667. The standard InChI is InChI=1S/C21H32FN3O/c1-15(17-7-9-23-10-8-17)13-21(26)24-19-4-3-11-25(14-19)20-6-5-18(22)12-16(20)2/h5-6,12,15,17,19,23H,3-4,7-11,13-14H2,1-2H3,(H,24,26). The number of benzene rings is 1. The van der Waals surface area contributed by atoms with E-state index in [0.717, 1.165) is 50.3 Å². The zero-order chi connectivity index (χ0) is 18.5. The van der Waals surface area contributed by atoms with Crippen molar-refractivity contribution in [2.24, 2.45) is 11.8 Å². The second-order valence-electron chi connectivity index (χ2n) is 8.05. The van der Waals surface area contributed by atoms with E-state index in [1.165, 1.54) is 18.9 Å². The number of nitrogens with one attached hydrogen (secondary N) is 2. The minimum Gasteiger partial charge on any atom is -0.369 e. The van der Waals surface area contributed by atoms with Crippen LogP contribution in [0.2, 0.25) is 0 Å². The first-order chi connectivity index (χ1) is 12.5. The number of amides is 1. The zero-order valence-electron chi connectivity index (χ0n) is 16.1. The van der Waals surface area contributed by atoms with Crippen molar-refractivity contribution >= 4 is 11.6 Å². The number of aryl methyl sites for hydroxylation is 1. The van der Waals surface area contributed by atoms with E-state index in [4.69, 9.17) is 0 Å². The Hall–Kier alpha value is -1.62. The van der Waals surface area contributed by atoms with E-state index >= 15 is 0 Å². The summed E-state index contributed by atoms with van der Waals surface area (Å²) in [5.74, 6) is 1.08. The number of anilines is 1. The van der Waals surface area contributed by atoms with E-state index in [1.807, 2.05) is 13.0 Å². The van der Waals surface area contributed by atoms with Crippen LogP contribution in [0.25, 0.3) is 0 Å². The third-order valence-electron chi connectivity index (χ3n) is 5.98. The fourth-order valence-electron chi connectivity index (χ4n) is 4.45. The van der Waals surface area contributed by atoms with Gasteiger partial charge in [-0.15, -0.1) is 0 Å². The van der Waals surface area contributed by atoms with Crippen LogP contribution in [-0.4, -0.2) is 38.1 Å². The second-order valence-corrected chi connectivity index (χ2v) is 8.05. The summed E-state index contributed by atoms with van der Waals surface area (Å²) in [4.78, 5) is 14.8. The van der Waals surface area contributed by atoms with Crippen molar-refractivity contribution in [2.75, 3.05) is 31.1 Å². The molecule has 0 radical (unpaired) electrons. The van der Waals surface area contributed by atoms with Crippen LogP contribution in [0.15, 0.2) is 18.2 Å². The molecule has 1 aromatic carbocycles. The predicted molar refractivity (Wildman–Crippen MR) is 104 cm³/mol. The lowest BCUT2D eigenvalue weighted by Gasteiger charge is -2.36. The van der Waals surface area contributed by atoms with E-state index in [1.54, 1.807) is 6.07 Å². The molecule has 0 bridgehead atoms. The first kappa shape index (κ1) is 19.2. The molecule has 2 heterocycles. The third kappa shape index (κ3) is 4.97. The molecule has 0 spiro atoms. The second kappa shape index (κ2) is 8.85. The number of rotatable bonds is 5. The van der Waals surface area contributed by atoms with Gasteiger partial charge in [-0.25, -0.2) is 4.39 Å². The van der Waals surface area contributed by atoms with Crippen LogP contribution in [0.4, 0.5) is 10.1 Å². The lowest BCUT2D eigenvalue weighted by molar-refractivity contribution is -0.123. The van der Waals surface area contributed by atoms with Gasteiger partial charge in [-0.3, -0.25) is 4.79 Å². The van der Waals surface area contributed by atoms with Gasteiger partial charge in [-0.2, -0.15) is 0 Å². The van der Waals surface area contributed by atoms with Crippen LogP contribution in [-0.2, 0) is 4.79 Å². The molecule has 2 saturated heterocycles. The highest BCUT2D eigenvalue weighted by molar-refractivity contribution is 5.76. The van der Waals surface area contributed by atoms with Crippen molar-refractivity contribution < 1.29 is 9.18 Å². The minimum atomic E-state index is -0.194. The quantitative estimate of drug-likeness (QED) is 0.846. The number of carbonyl (C=O) groups is 1. The summed E-state index contributed by atoms with van der Waals surface area (Å²) in [6.45, 7) is 8.08. The Morgan fingerprint density at radius 2 is 2.12 bits per heavy atom. The van der Waals surface area contributed by atoms with Gasteiger partial charge in [-0.1, -0.05) is 6.92 Å². The summed E-state index contributed by atoms with van der Waals surface area (Å²) >= 11 is 0. The highest BCUT2D eigenvalue weighted by Gasteiger charge is 2.25. The largest absolute Gasteiger partial charge is 0.369 e. The smallest absolute Gasteiger partial charge is 0.220 e. The Kier molecular flexibility index (Phi) is 6.52. The number of hydrogen-bond acceptors (Lipinski definition) is 3. The molecule has 1 amide bonds. The molecule has 0 saturated carbocycles. The van der Waals surface area contributed by atoms with Gasteiger partial charge in [0.2, 0.25) is 5.91 Å². The lowest BCUT2D eigenvalue weighted by atomic mass is 9.84. The monoisotopic (exact) mass is 361 g/mol. The maximum Gasteiger partial charge on any atom is 0.220 e. The van der Waals surface area contributed by atoms with Crippen molar-refractivity contribution in [3.63, 3.8) is 0 Å². The molecule has 26 heavy (non-hydrogen) atoms. The molecular formula is C21H32FN3O. The molecule has 2 aliphatic rings. The highest BCUT2D eigenvalue weighted by Crippen LogP contribution is 2.26. The van der Waals surface area contributed by atoms with Gasteiger partial charge in [0.05, 0.1) is 0 Å². The fourth-order valence-corrected chi connectivity index (χ4v) is 4.45. The normalized spacial score (nSPS) is 22.9. The molecule has 2 unspecified atom stereocenters. The Morgan fingerprint density at radius 1 is 1.35 bits per heavy atom. The van der Waals surface area contributed by atoms with Crippen molar-refractivity contribution in [1.29, 1.82) is 0 Å². The van der Waals surface area contributed by atoms with Crippen LogP contribution < -0.4 is 15.5 Å². The van der Waals surface area contributed by atoms with E-state index < -0.39 is 0 Å². The molecule has 0 aromatic heterocycles. The van der Waals surface area contributed by atoms with Crippen molar-refractivity contribution in [3.05, 3.63) is 29.6 Å². The van der Waals surface area contributed by atoms with Crippen LogP contribution in [0.5, 0.6) is 0 Å². The van der Waals surface area contributed by atoms with Crippen LogP contribution in [0, 0.1) is 24.6 Å². The maximum absolute atomic E-state index is 13.4. The molecule has 5 heteroatoms. The number of piperidine rings is 2. The molecule has 2 N–H and O–H groups in total. The number of nitrogens with zero attached hydrogens (tertiary/aromatic N) is 1. The van der Waals surface area contributed by atoms with E-state index in [2.05, 4.69) is 22.5 Å². The Bertz CT molecular complexity index is 615. The molecule has 4 nitrogen and oxygen atoms in total. The summed E-state index contributed by atoms with van der Waals surface area (Å²) in [6, 6.07) is 5.14. The third-order valence-corrected chi connectivity index (χ3v) is 5.98. The molecule has 0 aliphatic carbocycles. The van der Waals surface area contributed by atoms with Gasteiger partial charge in [0.15, 0.2) is 0 Å². The molecule has 2 atom stereocenters. The Balaban J connectivity index is 1.52. The number of carbonyl (C=O) groups excluding carboxylic acids is 1. The SMILES string of the molecule is Cc1cc(F)ccc1N1CCCC(NC(=O)CC(C)C2CCNCC2)C1. The van der Waals surface area contributed by atoms with Gasteiger partial charge in [-0.05, 0) is 81.3 Å². The average Bonchev–Trinajstić information content (AvgIpc) is 2.62.